The highest BCUT2D eigenvalue weighted by atomic mass is 32.2. The molecule has 190 valence electrons. The molecule has 0 saturated heterocycles. The van der Waals surface area contributed by atoms with Gasteiger partial charge in [-0.1, -0.05) is 0 Å². The van der Waals surface area contributed by atoms with Gasteiger partial charge in [-0.15, -0.1) is 0 Å². The highest BCUT2D eigenvalue weighted by molar-refractivity contribution is 7.90. The molecule has 3 aromatic heterocycles. The Balaban J connectivity index is 1.47. The lowest BCUT2D eigenvalue weighted by Gasteiger charge is -2.32. The minimum Gasteiger partial charge on any atom is -0.367 e. The van der Waals surface area contributed by atoms with Crippen molar-refractivity contribution in [3.8, 4) is 11.3 Å². The van der Waals surface area contributed by atoms with Gasteiger partial charge in [0, 0.05) is 35.8 Å². The van der Waals surface area contributed by atoms with Gasteiger partial charge in [0.15, 0.2) is 0 Å². The van der Waals surface area contributed by atoms with E-state index in [2.05, 4.69) is 30.8 Å². The topological polar surface area (TPSA) is 145 Å². The first kappa shape index (κ1) is 24.1. The summed E-state index contributed by atoms with van der Waals surface area (Å²) in [7, 11) is -3.50. The van der Waals surface area contributed by atoms with Gasteiger partial charge in [-0.2, -0.15) is 23.1 Å². The van der Waals surface area contributed by atoms with Gasteiger partial charge in [0.25, 0.3) is 10.0 Å². The molecule has 4 heterocycles. The normalized spacial score (nSPS) is 20.3. The molecule has 11 nitrogen and oxygen atoms in total. The van der Waals surface area contributed by atoms with Crippen LogP contribution in [0.1, 0.15) is 44.5 Å². The maximum absolute atomic E-state index is 13.0. The summed E-state index contributed by atoms with van der Waals surface area (Å²) < 4.78 is 52.6. The number of nitrogens with zero attached hydrogens (tertiary/aromatic N) is 6. The third-order valence-corrected chi connectivity index (χ3v) is 7.79. The molecule has 1 aliphatic carbocycles. The Labute approximate surface area is 206 Å². The highest BCUT2D eigenvalue weighted by Crippen LogP contribution is 2.31. The third-order valence-electron chi connectivity index (χ3n) is 5.75. The molecule has 0 aromatic carbocycles. The molecule has 1 atom stereocenters. The molecule has 2 aliphatic rings. The van der Waals surface area contributed by atoms with Crippen molar-refractivity contribution in [2.24, 2.45) is 10.7 Å². The van der Waals surface area contributed by atoms with Gasteiger partial charge < -0.3 is 10.6 Å². The Morgan fingerprint density at radius 3 is 2.69 bits per heavy atom. The van der Waals surface area contributed by atoms with Crippen LogP contribution in [0.4, 0.5) is 8.78 Å². The molecule has 3 aromatic rings. The first-order valence-electron chi connectivity index (χ1n) is 11.3. The number of halogens is 2. The van der Waals surface area contributed by atoms with E-state index in [1.807, 2.05) is 13.8 Å². The number of pyridine rings is 1. The quantitative estimate of drug-likeness (QED) is 0.431. The van der Waals surface area contributed by atoms with Crippen molar-refractivity contribution in [2.75, 3.05) is 0 Å². The minimum absolute atomic E-state index is 0.0288. The van der Waals surface area contributed by atoms with E-state index >= 15 is 0 Å². The molecular formula is C22H25F2N9O2S. The lowest BCUT2D eigenvalue weighted by Crippen LogP contribution is -2.51. The van der Waals surface area contributed by atoms with Crippen LogP contribution in [0.25, 0.3) is 16.8 Å². The Hall–Kier alpha value is -3.65. The van der Waals surface area contributed by atoms with Crippen molar-refractivity contribution < 1.29 is 17.2 Å². The predicted molar refractivity (Wildman–Crippen MR) is 129 cm³/mol. The van der Waals surface area contributed by atoms with Crippen molar-refractivity contribution in [2.45, 2.75) is 50.3 Å². The van der Waals surface area contributed by atoms with Crippen molar-refractivity contribution in [1.29, 1.82) is 0 Å². The van der Waals surface area contributed by atoms with E-state index < -0.39 is 27.6 Å². The van der Waals surface area contributed by atoms with E-state index in [4.69, 9.17) is 5.73 Å². The van der Waals surface area contributed by atoms with Gasteiger partial charge in [-0.05, 0) is 44.9 Å². The zero-order chi connectivity index (χ0) is 25.7. The van der Waals surface area contributed by atoms with Crippen LogP contribution in [0.2, 0.25) is 0 Å². The van der Waals surface area contributed by atoms with Crippen molar-refractivity contribution in [1.82, 2.24) is 34.6 Å². The monoisotopic (exact) mass is 517 g/mol. The second-order valence-corrected chi connectivity index (χ2v) is 11.0. The Kier molecular flexibility index (Phi) is 5.87. The van der Waals surface area contributed by atoms with Gasteiger partial charge in [0.05, 0.1) is 34.6 Å². The van der Waals surface area contributed by atoms with E-state index in [1.165, 1.54) is 24.7 Å². The first-order valence-corrected chi connectivity index (χ1v) is 12.8. The standard InChI is InChI=1S/C22H25F2N9O2S/c1-13(2)29-20-17(18-6-8-32(31-18)21(23)24)11-27-22(25,30-20)15-5-7-26-19(9-15)14-10-28-33(12-14)36(34,35)16-3-4-16/h5-13,16,21,27H,3-4,25H2,1-2H3,(H,29,30). The van der Waals surface area contributed by atoms with Crippen LogP contribution in [0.3, 0.4) is 0 Å². The Morgan fingerprint density at radius 2 is 2.03 bits per heavy atom. The number of amidine groups is 1. The molecular weight excluding hydrogens is 492 g/mol. The summed E-state index contributed by atoms with van der Waals surface area (Å²) in [6.45, 7) is 1.06. The van der Waals surface area contributed by atoms with Gasteiger partial charge in [-0.3, -0.25) is 10.7 Å². The number of aromatic nitrogens is 5. The van der Waals surface area contributed by atoms with Crippen LogP contribution in [-0.4, -0.2) is 49.5 Å². The van der Waals surface area contributed by atoms with Gasteiger partial charge >= 0.3 is 6.55 Å². The number of nitrogens with two attached hydrogens (primary N) is 1. The zero-order valence-electron chi connectivity index (χ0n) is 19.5. The van der Waals surface area contributed by atoms with Crippen LogP contribution in [0.5, 0.6) is 0 Å². The maximum Gasteiger partial charge on any atom is 0.333 e. The highest BCUT2D eigenvalue weighted by Gasteiger charge is 2.38. The fourth-order valence-electron chi connectivity index (χ4n) is 3.76. The summed E-state index contributed by atoms with van der Waals surface area (Å²) in [5.74, 6) is -1.03. The fourth-order valence-corrected chi connectivity index (χ4v) is 5.23. The number of rotatable bonds is 7. The summed E-state index contributed by atoms with van der Waals surface area (Å²) >= 11 is 0. The Morgan fingerprint density at radius 1 is 1.25 bits per heavy atom. The van der Waals surface area contributed by atoms with Gasteiger partial charge in [0.1, 0.15) is 5.84 Å². The molecule has 1 fully saturated rings. The van der Waals surface area contributed by atoms with E-state index in [0.29, 0.717) is 51.4 Å². The van der Waals surface area contributed by atoms with Crippen molar-refractivity contribution in [3.63, 3.8) is 0 Å². The molecule has 36 heavy (non-hydrogen) atoms. The summed E-state index contributed by atoms with van der Waals surface area (Å²) in [6, 6.07) is 4.82. The van der Waals surface area contributed by atoms with Crippen LogP contribution in [0.15, 0.2) is 54.2 Å². The smallest absolute Gasteiger partial charge is 0.333 e. The fraction of sp³-hybridized carbons (Fsp3) is 0.364. The molecule has 0 radical (unpaired) electrons. The second kappa shape index (κ2) is 8.78. The van der Waals surface area contributed by atoms with Crippen LogP contribution < -0.4 is 16.4 Å². The van der Waals surface area contributed by atoms with Crippen molar-refractivity contribution >= 4 is 21.4 Å². The van der Waals surface area contributed by atoms with Crippen LogP contribution in [-0.2, 0) is 15.8 Å². The van der Waals surface area contributed by atoms with E-state index in [9.17, 15) is 17.2 Å². The lowest BCUT2D eigenvalue weighted by molar-refractivity contribution is 0.0565. The summed E-state index contributed by atoms with van der Waals surface area (Å²) in [6.07, 6.45) is 8.46. The van der Waals surface area contributed by atoms with E-state index in [-0.39, 0.29) is 6.04 Å². The molecule has 1 aliphatic heterocycles. The van der Waals surface area contributed by atoms with Crippen LogP contribution in [0, 0.1) is 0 Å². The zero-order valence-corrected chi connectivity index (χ0v) is 20.3. The number of hydrogen-bond acceptors (Lipinski definition) is 9. The average Bonchev–Trinajstić information content (AvgIpc) is 3.37. The third kappa shape index (κ3) is 4.48. The molecule has 0 spiro atoms. The molecule has 14 heteroatoms. The molecule has 1 saturated carbocycles. The Bertz CT molecular complexity index is 1460. The predicted octanol–water partition coefficient (Wildman–Crippen LogP) is 1.99. The molecule has 4 N–H and O–H groups in total. The number of nitrogens with one attached hydrogen (secondary N) is 2. The molecule has 0 bridgehead atoms. The molecule has 1 unspecified atom stereocenters. The lowest BCUT2D eigenvalue weighted by atomic mass is 10.0. The van der Waals surface area contributed by atoms with Crippen LogP contribution >= 0.6 is 0 Å². The SMILES string of the molecule is CC(C)NC1=NC(N)(c2ccnc(-c3cnn(S(=O)(=O)C4CC4)c3)c2)NC=C1c1ccn(C(F)F)n1. The number of aliphatic imine (C=N–C) groups is 1. The van der Waals surface area contributed by atoms with Gasteiger partial charge in [-0.25, -0.2) is 18.1 Å². The van der Waals surface area contributed by atoms with Crippen molar-refractivity contribution in [3.05, 3.63) is 60.4 Å². The molecule has 0 amide bonds. The summed E-state index contributed by atoms with van der Waals surface area (Å²) in [4.78, 5) is 9.02. The molecule has 5 rings (SSSR count). The number of hydrogen-bond donors (Lipinski definition) is 3. The average molecular weight is 518 g/mol. The number of alkyl halides is 2. The maximum atomic E-state index is 13.0. The minimum atomic E-state index is -3.50. The van der Waals surface area contributed by atoms with E-state index in [0.717, 1.165) is 4.09 Å². The largest absolute Gasteiger partial charge is 0.367 e. The summed E-state index contributed by atoms with van der Waals surface area (Å²) in [5.41, 5.74) is 8.94. The van der Waals surface area contributed by atoms with E-state index in [1.54, 1.807) is 24.5 Å². The van der Waals surface area contributed by atoms with Gasteiger partial charge in [0.2, 0.25) is 5.79 Å². The summed E-state index contributed by atoms with van der Waals surface area (Å²) in [5, 5.41) is 13.8. The first-order chi connectivity index (χ1) is 17.1. The second-order valence-electron chi connectivity index (χ2n) is 8.96.